The molecule has 7 nitrogen and oxygen atoms in total. The molecule has 1 heterocycles. The Hall–Kier alpha value is -2.01. The molecule has 2 aliphatic rings. The smallest absolute Gasteiger partial charge is 0.225 e. The Morgan fingerprint density at radius 3 is 2.84 bits per heavy atom. The van der Waals surface area contributed by atoms with Gasteiger partial charge in [0.15, 0.2) is 0 Å². The van der Waals surface area contributed by atoms with Crippen molar-refractivity contribution in [3.05, 3.63) is 23.8 Å². The van der Waals surface area contributed by atoms with Crippen LogP contribution < -0.4 is 15.4 Å². The van der Waals surface area contributed by atoms with E-state index in [1.165, 1.54) is 0 Å². The number of carbonyl (C=O) groups excluding carboxylic acids is 1. The number of anilines is 1. The molecule has 0 radical (unpaired) electrons. The third kappa shape index (κ3) is 6.25. The summed E-state index contributed by atoms with van der Waals surface area (Å²) in [5.74, 6) is 0.844. The van der Waals surface area contributed by atoms with Crippen LogP contribution in [-0.2, 0) is 9.53 Å². The van der Waals surface area contributed by atoms with Crippen LogP contribution in [0.1, 0.15) is 31.2 Å². The summed E-state index contributed by atoms with van der Waals surface area (Å²) in [5.41, 5.74) is 1.32. The summed E-state index contributed by atoms with van der Waals surface area (Å²) in [6.07, 6.45) is 3.41. The average Bonchev–Trinajstić information content (AvgIpc) is 2.75. The van der Waals surface area contributed by atoms with Gasteiger partial charge in [0.05, 0.1) is 30.1 Å². The van der Waals surface area contributed by atoms with Gasteiger partial charge in [-0.25, -0.2) is 0 Å². The highest BCUT2D eigenvalue weighted by Crippen LogP contribution is 2.37. The maximum Gasteiger partial charge on any atom is 0.225 e. The van der Waals surface area contributed by atoms with E-state index in [-0.39, 0.29) is 29.3 Å². The molecule has 0 aromatic heterocycles. The second kappa shape index (κ2) is 11.0. The van der Waals surface area contributed by atoms with Crippen molar-refractivity contribution in [2.75, 3.05) is 46.2 Å². The molecule has 2 fully saturated rings. The van der Waals surface area contributed by atoms with Gasteiger partial charge in [-0.1, -0.05) is 0 Å². The molecule has 1 amide bonds. The number of halogens is 1. The van der Waals surface area contributed by atoms with Crippen molar-refractivity contribution in [2.24, 2.45) is 11.8 Å². The van der Waals surface area contributed by atoms with Crippen LogP contribution >= 0.6 is 11.6 Å². The maximum absolute atomic E-state index is 12.7. The van der Waals surface area contributed by atoms with Crippen LogP contribution in [0.4, 0.5) is 5.69 Å². The lowest BCUT2D eigenvalue weighted by Gasteiger charge is -2.44. The van der Waals surface area contributed by atoms with Crippen LogP contribution in [0, 0.1) is 23.2 Å². The number of nitrogens with zero attached hydrogens (tertiary/aromatic N) is 2. The summed E-state index contributed by atoms with van der Waals surface area (Å²) in [6.45, 7) is 2.21. The SMILES string of the molecule is COc1cc(NCC2CC3CC(Cl)C(OCCCN(C)C)CC3NC2=O)ccc1C#N. The Morgan fingerprint density at radius 1 is 1.32 bits per heavy atom. The number of ether oxygens (including phenoxy) is 2. The van der Waals surface area contributed by atoms with Crippen LogP contribution in [0.15, 0.2) is 18.2 Å². The fraction of sp³-hybridized carbons (Fsp3) is 0.652. The standard InChI is InChI=1S/C23H33ClN4O3/c1-28(2)7-4-8-31-22-12-20-16(10-19(22)24)9-17(23(29)27-20)14-26-18-6-5-15(13-25)21(11-18)30-3/h5-6,11,16-17,19-20,22,26H,4,7-10,12,14H2,1-3H3,(H,27,29). The summed E-state index contributed by atoms with van der Waals surface area (Å²) in [4.78, 5) is 14.9. The number of alkyl halides is 1. The monoisotopic (exact) mass is 448 g/mol. The number of benzene rings is 1. The summed E-state index contributed by atoms with van der Waals surface area (Å²) in [6, 6.07) is 7.57. The molecule has 1 aliphatic carbocycles. The van der Waals surface area contributed by atoms with Gasteiger partial charge in [-0.3, -0.25) is 4.79 Å². The molecule has 1 aliphatic heterocycles. The number of rotatable bonds is 9. The number of hydrogen-bond acceptors (Lipinski definition) is 6. The third-order valence-electron chi connectivity index (χ3n) is 6.23. The van der Waals surface area contributed by atoms with E-state index >= 15 is 0 Å². The zero-order valence-corrected chi connectivity index (χ0v) is 19.3. The zero-order chi connectivity index (χ0) is 22.4. The molecule has 8 heteroatoms. The van der Waals surface area contributed by atoms with Gasteiger partial charge in [-0.15, -0.1) is 11.6 Å². The minimum Gasteiger partial charge on any atom is -0.495 e. The highest BCUT2D eigenvalue weighted by molar-refractivity contribution is 6.21. The third-order valence-corrected chi connectivity index (χ3v) is 6.69. The molecular formula is C23H33ClN4O3. The van der Waals surface area contributed by atoms with E-state index in [2.05, 4.69) is 35.7 Å². The summed E-state index contributed by atoms with van der Waals surface area (Å²) < 4.78 is 11.3. The van der Waals surface area contributed by atoms with Crippen molar-refractivity contribution in [1.82, 2.24) is 10.2 Å². The molecule has 3 rings (SSSR count). The minimum absolute atomic E-state index is 0.00818. The largest absolute Gasteiger partial charge is 0.495 e. The molecule has 1 saturated heterocycles. The Kier molecular flexibility index (Phi) is 8.42. The average molecular weight is 449 g/mol. The Bertz CT molecular complexity index is 798. The summed E-state index contributed by atoms with van der Waals surface area (Å²) in [7, 11) is 5.64. The number of nitriles is 1. The van der Waals surface area contributed by atoms with E-state index in [0.717, 1.165) is 37.9 Å². The van der Waals surface area contributed by atoms with Gasteiger partial charge < -0.3 is 25.0 Å². The summed E-state index contributed by atoms with van der Waals surface area (Å²) >= 11 is 6.66. The van der Waals surface area contributed by atoms with Crippen molar-refractivity contribution in [2.45, 2.75) is 43.2 Å². The Labute approximate surface area is 190 Å². The van der Waals surface area contributed by atoms with Crippen LogP contribution in [-0.4, -0.2) is 69.2 Å². The molecule has 1 saturated carbocycles. The Morgan fingerprint density at radius 2 is 2.13 bits per heavy atom. The van der Waals surface area contributed by atoms with Crippen molar-refractivity contribution >= 4 is 23.2 Å². The second-order valence-electron chi connectivity index (χ2n) is 8.77. The lowest BCUT2D eigenvalue weighted by atomic mass is 9.74. The Balaban J connectivity index is 1.51. The highest BCUT2D eigenvalue weighted by atomic mass is 35.5. The second-order valence-corrected chi connectivity index (χ2v) is 9.33. The number of methoxy groups -OCH3 is 1. The van der Waals surface area contributed by atoms with E-state index in [1.807, 2.05) is 6.07 Å². The normalized spacial score (nSPS) is 27.9. The quantitative estimate of drug-likeness (QED) is 0.446. The van der Waals surface area contributed by atoms with Crippen molar-refractivity contribution in [1.29, 1.82) is 5.26 Å². The van der Waals surface area contributed by atoms with E-state index < -0.39 is 0 Å². The number of amides is 1. The number of hydrogen-bond donors (Lipinski definition) is 2. The zero-order valence-electron chi connectivity index (χ0n) is 18.6. The molecule has 5 unspecified atom stereocenters. The van der Waals surface area contributed by atoms with Gasteiger partial charge in [0, 0.05) is 30.9 Å². The first-order valence-corrected chi connectivity index (χ1v) is 11.4. The van der Waals surface area contributed by atoms with E-state index in [4.69, 9.17) is 26.3 Å². The molecular weight excluding hydrogens is 416 g/mol. The lowest BCUT2D eigenvalue weighted by Crippen LogP contribution is -2.56. The van der Waals surface area contributed by atoms with Crippen molar-refractivity contribution < 1.29 is 14.3 Å². The van der Waals surface area contributed by atoms with Crippen LogP contribution in [0.25, 0.3) is 0 Å². The lowest BCUT2D eigenvalue weighted by molar-refractivity contribution is -0.130. The fourth-order valence-corrected chi connectivity index (χ4v) is 4.91. The molecule has 0 bridgehead atoms. The van der Waals surface area contributed by atoms with Crippen LogP contribution in [0.3, 0.4) is 0 Å². The number of piperidine rings is 1. The maximum atomic E-state index is 12.7. The van der Waals surface area contributed by atoms with Gasteiger partial charge in [0.25, 0.3) is 0 Å². The topological polar surface area (TPSA) is 86.6 Å². The molecule has 31 heavy (non-hydrogen) atoms. The van der Waals surface area contributed by atoms with Gasteiger partial charge >= 0.3 is 0 Å². The molecule has 1 aromatic carbocycles. The van der Waals surface area contributed by atoms with Crippen LogP contribution in [0.5, 0.6) is 5.75 Å². The van der Waals surface area contributed by atoms with E-state index in [1.54, 1.807) is 19.2 Å². The predicted molar refractivity (Wildman–Crippen MR) is 122 cm³/mol. The molecule has 2 N–H and O–H groups in total. The molecule has 1 aromatic rings. The van der Waals surface area contributed by atoms with Gasteiger partial charge in [-0.2, -0.15) is 5.26 Å². The first kappa shape index (κ1) is 23.6. The number of carbonyl (C=O) groups is 1. The summed E-state index contributed by atoms with van der Waals surface area (Å²) in [5, 5.41) is 15.6. The van der Waals surface area contributed by atoms with Crippen LogP contribution in [0.2, 0.25) is 0 Å². The molecule has 5 atom stereocenters. The van der Waals surface area contributed by atoms with E-state index in [9.17, 15) is 4.79 Å². The molecule has 0 spiro atoms. The number of fused-ring (bicyclic) bond motifs is 1. The molecule has 170 valence electrons. The van der Waals surface area contributed by atoms with Gasteiger partial charge in [-0.05, 0) is 64.4 Å². The fourth-order valence-electron chi connectivity index (χ4n) is 4.50. The van der Waals surface area contributed by atoms with Gasteiger partial charge in [0.1, 0.15) is 11.8 Å². The number of nitrogens with one attached hydrogen (secondary N) is 2. The highest BCUT2D eigenvalue weighted by Gasteiger charge is 2.43. The van der Waals surface area contributed by atoms with Crippen molar-refractivity contribution in [3.63, 3.8) is 0 Å². The van der Waals surface area contributed by atoms with E-state index in [0.29, 0.717) is 30.4 Å². The van der Waals surface area contributed by atoms with Crippen molar-refractivity contribution in [3.8, 4) is 11.8 Å². The van der Waals surface area contributed by atoms with Gasteiger partial charge in [0.2, 0.25) is 5.91 Å². The minimum atomic E-state index is -0.121. The first-order valence-electron chi connectivity index (χ1n) is 10.9. The predicted octanol–water partition coefficient (Wildman–Crippen LogP) is 2.84. The first-order chi connectivity index (χ1) is 14.9.